The van der Waals surface area contributed by atoms with E-state index in [9.17, 15) is 14.7 Å². The minimum Gasteiger partial charge on any atom is -0.481 e. The lowest BCUT2D eigenvalue weighted by Crippen LogP contribution is -2.30. The zero-order valence-corrected chi connectivity index (χ0v) is 14.2. The normalized spacial score (nSPS) is 19.8. The molecule has 0 aliphatic carbocycles. The van der Waals surface area contributed by atoms with Crippen LogP contribution in [0.15, 0.2) is 48.9 Å². The number of rotatable bonds is 3. The summed E-state index contributed by atoms with van der Waals surface area (Å²) in [4.78, 5) is 34.6. The van der Waals surface area contributed by atoms with Crippen LogP contribution in [0, 0.1) is 12.8 Å². The van der Waals surface area contributed by atoms with Gasteiger partial charge >= 0.3 is 5.97 Å². The maximum absolute atomic E-state index is 12.9. The van der Waals surface area contributed by atoms with Gasteiger partial charge in [-0.05, 0) is 24.1 Å². The van der Waals surface area contributed by atoms with Crippen LogP contribution in [0.25, 0.3) is 5.78 Å². The number of carbonyl (C=O) groups is 2. The van der Waals surface area contributed by atoms with Gasteiger partial charge < -0.3 is 10.0 Å². The fourth-order valence-electron chi connectivity index (χ4n) is 3.63. The van der Waals surface area contributed by atoms with Crippen LogP contribution in [-0.2, 0) is 4.79 Å². The van der Waals surface area contributed by atoms with Gasteiger partial charge in [-0.3, -0.25) is 14.0 Å². The molecule has 7 heteroatoms. The van der Waals surface area contributed by atoms with Gasteiger partial charge in [0.25, 0.3) is 5.91 Å². The van der Waals surface area contributed by atoms with Gasteiger partial charge in [0.1, 0.15) is 5.69 Å². The summed E-state index contributed by atoms with van der Waals surface area (Å²) in [6.45, 7) is 2.50. The van der Waals surface area contributed by atoms with Gasteiger partial charge in [0, 0.05) is 37.6 Å². The molecule has 1 aliphatic rings. The Bertz CT molecular complexity index is 964. The molecular weight excluding hydrogens is 332 g/mol. The zero-order valence-electron chi connectivity index (χ0n) is 14.2. The van der Waals surface area contributed by atoms with Crippen LogP contribution < -0.4 is 0 Å². The number of carboxylic acids is 1. The van der Waals surface area contributed by atoms with Crippen LogP contribution in [0.1, 0.15) is 27.5 Å². The van der Waals surface area contributed by atoms with Gasteiger partial charge in [-0.25, -0.2) is 9.97 Å². The zero-order chi connectivity index (χ0) is 18.3. The fourth-order valence-corrected chi connectivity index (χ4v) is 3.63. The van der Waals surface area contributed by atoms with Crippen LogP contribution in [0.2, 0.25) is 0 Å². The number of aromatic nitrogens is 3. The summed E-state index contributed by atoms with van der Waals surface area (Å²) >= 11 is 0. The predicted octanol–water partition coefficient (Wildman–Crippen LogP) is 1.98. The van der Waals surface area contributed by atoms with Crippen molar-refractivity contribution in [1.29, 1.82) is 0 Å². The maximum Gasteiger partial charge on any atom is 0.308 e. The summed E-state index contributed by atoms with van der Waals surface area (Å²) in [6, 6.07) is 9.49. The summed E-state index contributed by atoms with van der Waals surface area (Å²) in [7, 11) is 0. The molecule has 2 atom stereocenters. The molecule has 3 heterocycles. The number of benzene rings is 1. The van der Waals surface area contributed by atoms with E-state index in [0.29, 0.717) is 12.3 Å². The van der Waals surface area contributed by atoms with Crippen molar-refractivity contribution in [3.8, 4) is 0 Å². The molecule has 1 N–H and O–H groups in total. The molecule has 0 spiro atoms. The van der Waals surface area contributed by atoms with E-state index in [0.717, 1.165) is 11.1 Å². The van der Waals surface area contributed by atoms with Crippen LogP contribution >= 0.6 is 0 Å². The first-order valence-electron chi connectivity index (χ1n) is 8.42. The number of carbonyl (C=O) groups excluding carboxylic acids is 1. The van der Waals surface area contributed by atoms with E-state index in [-0.39, 0.29) is 24.1 Å². The Morgan fingerprint density at radius 2 is 2.00 bits per heavy atom. The molecule has 1 aromatic carbocycles. The van der Waals surface area contributed by atoms with Gasteiger partial charge in [-0.1, -0.05) is 24.3 Å². The molecule has 3 aromatic rings. The Morgan fingerprint density at radius 3 is 2.73 bits per heavy atom. The van der Waals surface area contributed by atoms with Crippen molar-refractivity contribution in [2.24, 2.45) is 5.92 Å². The van der Waals surface area contributed by atoms with E-state index in [2.05, 4.69) is 9.97 Å². The SMILES string of the molecule is Cc1ccccc1[C@@H]1CN(C(=O)c2cn3cccnc3n2)C[C@H]1C(=O)O. The van der Waals surface area contributed by atoms with Gasteiger partial charge in [0.2, 0.25) is 5.78 Å². The second-order valence-corrected chi connectivity index (χ2v) is 6.57. The highest BCUT2D eigenvalue weighted by Crippen LogP contribution is 2.35. The minimum absolute atomic E-state index is 0.175. The molecule has 26 heavy (non-hydrogen) atoms. The van der Waals surface area contributed by atoms with Gasteiger partial charge in [-0.15, -0.1) is 0 Å². The number of imidazole rings is 1. The van der Waals surface area contributed by atoms with Crippen molar-refractivity contribution in [3.05, 3.63) is 65.7 Å². The average Bonchev–Trinajstić information content (AvgIpc) is 3.26. The second kappa shape index (κ2) is 6.25. The fraction of sp³-hybridized carbons (Fsp3) is 0.263. The standard InChI is InChI=1S/C19H18N4O3/c1-12-5-2-3-6-13(12)14-9-23(10-15(14)18(25)26)17(24)16-11-22-8-4-7-20-19(22)21-16/h2-8,11,14-15H,9-10H2,1H3,(H,25,26)/t14-,15+/m0/s1. The molecule has 1 aliphatic heterocycles. The van der Waals surface area contributed by atoms with Crippen LogP contribution in [0.5, 0.6) is 0 Å². The Hall–Kier alpha value is -3.22. The molecule has 0 unspecified atom stereocenters. The highest BCUT2D eigenvalue weighted by Gasteiger charge is 2.41. The van der Waals surface area contributed by atoms with Crippen LogP contribution in [0.3, 0.4) is 0 Å². The smallest absolute Gasteiger partial charge is 0.308 e. The van der Waals surface area contributed by atoms with E-state index in [1.165, 1.54) is 0 Å². The minimum atomic E-state index is -0.884. The van der Waals surface area contributed by atoms with Crippen molar-refractivity contribution in [2.75, 3.05) is 13.1 Å². The molecular formula is C19H18N4O3. The predicted molar refractivity (Wildman–Crippen MR) is 93.9 cm³/mol. The van der Waals surface area contributed by atoms with E-state index < -0.39 is 11.9 Å². The molecule has 1 saturated heterocycles. The summed E-state index contributed by atoms with van der Waals surface area (Å²) in [5.41, 5.74) is 2.29. The second-order valence-electron chi connectivity index (χ2n) is 6.57. The number of carboxylic acid groups (broad SMARTS) is 1. The topological polar surface area (TPSA) is 87.8 Å². The number of aliphatic carboxylic acids is 1. The van der Waals surface area contributed by atoms with Crippen molar-refractivity contribution >= 4 is 17.7 Å². The molecule has 1 fully saturated rings. The summed E-state index contributed by atoms with van der Waals surface area (Å²) in [5, 5.41) is 9.65. The molecule has 1 amide bonds. The van der Waals surface area contributed by atoms with Crippen LogP contribution in [-0.4, -0.2) is 49.3 Å². The van der Waals surface area contributed by atoms with Gasteiger partial charge in [0.05, 0.1) is 5.92 Å². The van der Waals surface area contributed by atoms with Crippen LogP contribution in [0.4, 0.5) is 0 Å². The largest absolute Gasteiger partial charge is 0.481 e. The quantitative estimate of drug-likeness (QED) is 0.780. The summed E-state index contributed by atoms with van der Waals surface area (Å²) in [5.74, 6) is -1.56. The van der Waals surface area contributed by atoms with Crippen molar-refractivity contribution in [3.63, 3.8) is 0 Å². The Morgan fingerprint density at radius 1 is 1.19 bits per heavy atom. The highest BCUT2D eigenvalue weighted by molar-refractivity contribution is 5.93. The third-order valence-electron chi connectivity index (χ3n) is 4.97. The van der Waals surface area contributed by atoms with E-state index in [1.807, 2.05) is 31.2 Å². The van der Waals surface area contributed by atoms with E-state index >= 15 is 0 Å². The lowest BCUT2D eigenvalue weighted by atomic mass is 9.86. The Kier molecular flexibility index (Phi) is 3.91. The van der Waals surface area contributed by atoms with Crippen molar-refractivity contribution in [1.82, 2.24) is 19.3 Å². The lowest BCUT2D eigenvalue weighted by Gasteiger charge is -2.17. The first-order valence-corrected chi connectivity index (χ1v) is 8.42. The molecule has 0 radical (unpaired) electrons. The number of hydrogen-bond donors (Lipinski definition) is 1. The first kappa shape index (κ1) is 16.3. The third-order valence-corrected chi connectivity index (χ3v) is 4.97. The first-order chi connectivity index (χ1) is 12.5. The number of hydrogen-bond acceptors (Lipinski definition) is 4. The van der Waals surface area contributed by atoms with E-state index in [4.69, 9.17) is 0 Å². The molecule has 0 saturated carbocycles. The lowest BCUT2D eigenvalue weighted by molar-refractivity contribution is -0.141. The monoisotopic (exact) mass is 350 g/mol. The van der Waals surface area contributed by atoms with Gasteiger partial charge in [-0.2, -0.15) is 0 Å². The highest BCUT2D eigenvalue weighted by atomic mass is 16.4. The molecule has 0 bridgehead atoms. The average molecular weight is 350 g/mol. The van der Waals surface area contributed by atoms with E-state index in [1.54, 1.807) is 34.0 Å². The van der Waals surface area contributed by atoms with Gasteiger partial charge in [0.15, 0.2) is 0 Å². The number of aryl methyl sites for hydroxylation is 1. The number of nitrogens with zero attached hydrogens (tertiary/aromatic N) is 4. The maximum atomic E-state index is 12.9. The summed E-state index contributed by atoms with van der Waals surface area (Å²) < 4.78 is 1.68. The molecule has 4 rings (SSSR count). The Balaban J connectivity index is 1.64. The Labute approximate surface area is 149 Å². The van der Waals surface area contributed by atoms with Crippen molar-refractivity contribution in [2.45, 2.75) is 12.8 Å². The third kappa shape index (κ3) is 2.71. The number of fused-ring (bicyclic) bond motifs is 1. The van der Waals surface area contributed by atoms with Crippen molar-refractivity contribution < 1.29 is 14.7 Å². The summed E-state index contributed by atoms with van der Waals surface area (Å²) in [6.07, 6.45) is 5.01. The molecule has 2 aromatic heterocycles. The molecule has 7 nitrogen and oxygen atoms in total. The molecule has 132 valence electrons. The number of likely N-dealkylation sites (tertiary alicyclic amines) is 1. The number of amides is 1.